The van der Waals surface area contributed by atoms with E-state index in [9.17, 15) is 9.18 Å². The number of hydrogen-bond acceptors (Lipinski definition) is 3. The molecule has 1 atom stereocenters. The first-order valence-corrected chi connectivity index (χ1v) is 5.73. The molecule has 92 valence electrons. The van der Waals surface area contributed by atoms with Gasteiger partial charge in [-0.3, -0.25) is 9.69 Å². The maximum atomic E-state index is 13.0. The Morgan fingerprint density at radius 1 is 1.59 bits per heavy atom. The number of carbonyl (C=O) groups excluding carboxylic acids is 1. The fraction of sp³-hybridized carbons (Fsp3) is 0.462. The Morgan fingerprint density at radius 3 is 3.06 bits per heavy atom. The first-order chi connectivity index (χ1) is 8.19. The molecule has 1 aliphatic heterocycles. The Labute approximate surface area is 100 Å². The number of methoxy groups -OCH3 is 1. The summed E-state index contributed by atoms with van der Waals surface area (Å²) in [6.07, 6.45) is 1.17. The van der Waals surface area contributed by atoms with Gasteiger partial charge in [0, 0.05) is 25.8 Å². The van der Waals surface area contributed by atoms with E-state index >= 15 is 0 Å². The second-order valence-corrected chi connectivity index (χ2v) is 4.32. The zero-order valence-electron chi connectivity index (χ0n) is 9.86. The highest BCUT2D eigenvalue weighted by Gasteiger charge is 2.23. The summed E-state index contributed by atoms with van der Waals surface area (Å²) in [5, 5.41) is 0. The fourth-order valence-corrected chi connectivity index (χ4v) is 2.09. The van der Waals surface area contributed by atoms with Crippen molar-refractivity contribution in [2.24, 2.45) is 0 Å². The van der Waals surface area contributed by atoms with Crippen LogP contribution in [0.1, 0.15) is 16.8 Å². The number of rotatable bonds is 4. The molecule has 1 aromatic rings. The van der Waals surface area contributed by atoms with E-state index in [2.05, 4.69) is 0 Å². The number of ketones is 1. The lowest BCUT2D eigenvalue weighted by Gasteiger charge is -2.14. The van der Waals surface area contributed by atoms with Crippen LogP contribution >= 0.6 is 0 Å². The van der Waals surface area contributed by atoms with E-state index in [0.29, 0.717) is 12.1 Å². The van der Waals surface area contributed by atoms with Crippen molar-refractivity contribution in [2.75, 3.05) is 26.7 Å². The largest absolute Gasteiger partial charge is 0.380 e. The van der Waals surface area contributed by atoms with Crippen LogP contribution in [0.4, 0.5) is 4.39 Å². The Bertz CT molecular complexity index is 408. The van der Waals surface area contributed by atoms with Gasteiger partial charge >= 0.3 is 0 Å². The van der Waals surface area contributed by atoms with Gasteiger partial charge in [-0.1, -0.05) is 12.1 Å². The molecular formula is C13H16FNO2. The average Bonchev–Trinajstić information content (AvgIpc) is 2.77. The average molecular weight is 237 g/mol. The van der Waals surface area contributed by atoms with Gasteiger partial charge < -0.3 is 4.74 Å². The summed E-state index contributed by atoms with van der Waals surface area (Å²) in [4.78, 5) is 13.9. The molecule has 0 amide bonds. The van der Waals surface area contributed by atoms with E-state index in [1.165, 1.54) is 12.1 Å². The molecule has 0 N–H and O–H groups in total. The third kappa shape index (κ3) is 3.11. The minimum Gasteiger partial charge on any atom is -0.380 e. The molecule has 1 saturated heterocycles. The topological polar surface area (TPSA) is 29.5 Å². The summed E-state index contributed by atoms with van der Waals surface area (Å²) in [5.74, 6) is -0.409. The lowest BCUT2D eigenvalue weighted by molar-refractivity contribution is 0.0898. The first kappa shape index (κ1) is 12.2. The van der Waals surface area contributed by atoms with E-state index in [0.717, 1.165) is 19.5 Å². The maximum Gasteiger partial charge on any atom is 0.176 e. The van der Waals surface area contributed by atoms with Gasteiger partial charge in [-0.15, -0.1) is 0 Å². The fourth-order valence-electron chi connectivity index (χ4n) is 2.09. The van der Waals surface area contributed by atoms with Gasteiger partial charge in [0.1, 0.15) is 5.82 Å². The van der Waals surface area contributed by atoms with Gasteiger partial charge in [-0.2, -0.15) is 0 Å². The van der Waals surface area contributed by atoms with E-state index in [1.54, 1.807) is 19.2 Å². The maximum absolute atomic E-state index is 13.0. The van der Waals surface area contributed by atoms with E-state index < -0.39 is 0 Å². The molecule has 3 nitrogen and oxygen atoms in total. The Morgan fingerprint density at radius 2 is 2.41 bits per heavy atom. The van der Waals surface area contributed by atoms with Crippen LogP contribution in [0.25, 0.3) is 0 Å². The van der Waals surface area contributed by atoms with Crippen LogP contribution < -0.4 is 0 Å². The molecule has 1 aromatic carbocycles. The monoisotopic (exact) mass is 237 g/mol. The van der Waals surface area contributed by atoms with Crippen molar-refractivity contribution >= 4 is 5.78 Å². The van der Waals surface area contributed by atoms with Gasteiger partial charge in [-0.05, 0) is 18.6 Å². The molecular weight excluding hydrogens is 221 g/mol. The molecule has 0 saturated carbocycles. The first-order valence-electron chi connectivity index (χ1n) is 5.73. The van der Waals surface area contributed by atoms with E-state index in [4.69, 9.17) is 4.74 Å². The third-order valence-corrected chi connectivity index (χ3v) is 3.08. The predicted octanol–water partition coefficient (Wildman–Crippen LogP) is 1.73. The third-order valence-electron chi connectivity index (χ3n) is 3.08. The molecule has 0 aromatic heterocycles. The smallest absolute Gasteiger partial charge is 0.176 e. The van der Waals surface area contributed by atoms with Crippen molar-refractivity contribution in [3.05, 3.63) is 35.6 Å². The number of nitrogens with zero attached hydrogens (tertiary/aromatic N) is 1. The number of halogens is 1. The number of likely N-dealkylation sites (tertiary alicyclic amines) is 1. The van der Waals surface area contributed by atoms with Gasteiger partial charge in [0.2, 0.25) is 0 Å². The molecule has 1 aliphatic rings. The quantitative estimate of drug-likeness (QED) is 0.747. The second kappa shape index (κ2) is 5.38. The van der Waals surface area contributed by atoms with Crippen molar-refractivity contribution in [1.82, 2.24) is 4.90 Å². The molecule has 0 radical (unpaired) electrons. The summed E-state index contributed by atoms with van der Waals surface area (Å²) in [6, 6.07) is 5.83. The van der Waals surface area contributed by atoms with E-state index in [-0.39, 0.29) is 17.7 Å². The van der Waals surface area contributed by atoms with Gasteiger partial charge in [0.05, 0.1) is 12.6 Å². The predicted molar refractivity (Wildman–Crippen MR) is 62.6 cm³/mol. The molecule has 2 rings (SSSR count). The van der Waals surface area contributed by atoms with Crippen LogP contribution in [0.5, 0.6) is 0 Å². The number of benzene rings is 1. The van der Waals surface area contributed by atoms with Gasteiger partial charge in [0.25, 0.3) is 0 Å². The summed E-state index contributed by atoms with van der Waals surface area (Å²) in [7, 11) is 1.68. The minimum atomic E-state index is -0.368. The summed E-state index contributed by atoms with van der Waals surface area (Å²) >= 11 is 0. The van der Waals surface area contributed by atoms with Crippen molar-refractivity contribution < 1.29 is 13.9 Å². The van der Waals surface area contributed by atoms with Crippen LogP contribution in [0.3, 0.4) is 0 Å². The molecule has 4 heteroatoms. The van der Waals surface area contributed by atoms with Crippen LogP contribution in [-0.4, -0.2) is 43.5 Å². The number of hydrogen-bond donors (Lipinski definition) is 0. The zero-order valence-corrected chi connectivity index (χ0v) is 9.86. The Balaban J connectivity index is 1.94. The Hall–Kier alpha value is -1.26. The highest BCUT2D eigenvalue weighted by atomic mass is 19.1. The lowest BCUT2D eigenvalue weighted by atomic mass is 10.1. The summed E-state index contributed by atoms with van der Waals surface area (Å²) in [6.45, 7) is 1.97. The molecule has 1 fully saturated rings. The van der Waals surface area contributed by atoms with Gasteiger partial charge in [-0.25, -0.2) is 4.39 Å². The molecule has 0 aliphatic carbocycles. The van der Waals surface area contributed by atoms with Crippen LogP contribution in [0, 0.1) is 5.82 Å². The summed E-state index contributed by atoms with van der Waals surface area (Å²) < 4.78 is 18.2. The molecule has 1 heterocycles. The van der Waals surface area contributed by atoms with Crippen molar-refractivity contribution in [3.8, 4) is 0 Å². The normalized spacial score (nSPS) is 20.7. The van der Waals surface area contributed by atoms with Crippen LogP contribution in [0.15, 0.2) is 24.3 Å². The van der Waals surface area contributed by atoms with Crippen LogP contribution in [-0.2, 0) is 4.74 Å². The van der Waals surface area contributed by atoms with Crippen molar-refractivity contribution in [1.29, 1.82) is 0 Å². The molecule has 1 unspecified atom stereocenters. The molecule has 0 bridgehead atoms. The highest BCUT2D eigenvalue weighted by Crippen LogP contribution is 2.13. The molecule has 0 spiro atoms. The Kier molecular flexibility index (Phi) is 3.86. The number of carbonyl (C=O) groups is 1. The van der Waals surface area contributed by atoms with Crippen LogP contribution in [0.2, 0.25) is 0 Å². The summed E-state index contributed by atoms with van der Waals surface area (Å²) in [5.41, 5.74) is 0.436. The zero-order chi connectivity index (χ0) is 12.3. The lowest BCUT2D eigenvalue weighted by Crippen LogP contribution is -2.29. The minimum absolute atomic E-state index is 0.0405. The SMILES string of the molecule is COC1CCN(CC(=O)c2cccc(F)c2)C1. The molecule has 17 heavy (non-hydrogen) atoms. The standard InChI is InChI=1S/C13H16FNO2/c1-17-12-5-6-15(8-12)9-13(16)10-3-2-4-11(14)7-10/h2-4,7,12H,5-6,8-9H2,1H3. The van der Waals surface area contributed by atoms with Crippen molar-refractivity contribution in [3.63, 3.8) is 0 Å². The van der Waals surface area contributed by atoms with E-state index in [1.807, 2.05) is 4.90 Å². The van der Waals surface area contributed by atoms with Gasteiger partial charge in [0.15, 0.2) is 5.78 Å². The second-order valence-electron chi connectivity index (χ2n) is 4.32. The number of Topliss-reactive ketones (excluding diaryl/α,β-unsaturated/α-hetero) is 1. The number of ether oxygens (including phenoxy) is 1. The van der Waals surface area contributed by atoms with Crippen molar-refractivity contribution in [2.45, 2.75) is 12.5 Å². The highest BCUT2D eigenvalue weighted by molar-refractivity contribution is 5.97.